The van der Waals surface area contributed by atoms with Gasteiger partial charge in [-0.25, -0.2) is 9.78 Å². The second kappa shape index (κ2) is 7.92. The second-order valence-electron chi connectivity index (χ2n) is 5.65. The van der Waals surface area contributed by atoms with Crippen LogP contribution in [0.2, 0.25) is 0 Å². The van der Waals surface area contributed by atoms with Gasteiger partial charge < -0.3 is 4.74 Å². The van der Waals surface area contributed by atoms with Gasteiger partial charge in [0.25, 0.3) is 5.91 Å². The summed E-state index contributed by atoms with van der Waals surface area (Å²) in [5.41, 5.74) is 1.96. The molecule has 0 saturated heterocycles. The van der Waals surface area contributed by atoms with Gasteiger partial charge in [-0.2, -0.15) is 0 Å². The lowest BCUT2D eigenvalue weighted by molar-refractivity contribution is 0.0605. The summed E-state index contributed by atoms with van der Waals surface area (Å²) in [6, 6.07) is 15.3. The maximum absolute atomic E-state index is 12.4. The third-order valence-corrected chi connectivity index (χ3v) is 4.89. The molecule has 0 aliphatic carbocycles. The lowest BCUT2D eigenvalue weighted by atomic mass is 10.0. The number of hydrogen-bond acceptors (Lipinski definition) is 6. The van der Waals surface area contributed by atoms with Gasteiger partial charge >= 0.3 is 5.97 Å². The van der Waals surface area contributed by atoms with Crippen molar-refractivity contribution in [2.75, 3.05) is 12.4 Å². The Balaban J connectivity index is 1.73. The number of carbonyl (C=O) groups excluding carboxylic acids is 3. The van der Waals surface area contributed by atoms with Gasteiger partial charge in [-0.1, -0.05) is 53.8 Å². The summed E-state index contributed by atoms with van der Waals surface area (Å²) in [6.07, 6.45) is 0. The predicted molar refractivity (Wildman–Crippen MR) is 102 cm³/mol. The van der Waals surface area contributed by atoms with Crippen molar-refractivity contribution in [3.05, 3.63) is 81.9 Å². The number of ketones is 1. The van der Waals surface area contributed by atoms with Crippen molar-refractivity contribution in [2.24, 2.45) is 0 Å². The molecule has 3 aromatic rings. The fourth-order valence-electron chi connectivity index (χ4n) is 2.43. The number of nitrogens with zero attached hydrogens (tertiary/aromatic N) is 1. The first-order valence-electron chi connectivity index (χ1n) is 8.06. The van der Waals surface area contributed by atoms with E-state index in [4.69, 9.17) is 0 Å². The van der Waals surface area contributed by atoms with Crippen LogP contribution in [-0.2, 0) is 4.74 Å². The number of ether oxygens (including phenoxy) is 1. The van der Waals surface area contributed by atoms with Gasteiger partial charge in [-0.15, -0.1) is 0 Å². The zero-order valence-electron chi connectivity index (χ0n) is 14.7. The van der Waals surface area contributed by atoms with Gasteiger partial charge in [-0.3, -0.25) is 14.9 Å². The highest BCUT2D eigenvalue weighted by atomic mass is 32.1. The van der Waals surface area contributed by atoms with E-state index in [0.29, 0.717) is 32.4 Å². The topological polar surface area (TPSA) is 85.4 Å². The summed E-state index contributed by atoms with van der Waals surface area (Å²) in [4.78, 5) is 40.9. The van der Waals surface area contributed by atoms with E-state index in [9.17, 15) is 14.4 Å². The van der Waals surface area contributed by atoms with E-state index in [1.54, 1.807) is 55.5 Å². The molecule has 0 bridgehead atoms. The number of carbonyl (C=O) groups is 3. The second-order valence-corrected chi connectivity index (χ2v) is 6.65. The van der Waals surface area contributed by atoms with Gasteiger partial charge in [0.2, 0.25) is 0 Å². The minimum Gasteiger partial charge on any atom is -0.465 e. The Morgan fingerprint density at radius 2 is 1.52 bits per heavy atom. The highest BCUT2D eigenvalue weighted by Gasteiger charge is 2.17. The number of benzene rings is 2. The van der Waals surface area contributed by atoms with Crippen molar-refractivity contribution in [3.63, 3.8) is 0 Å². The lowest BCUT2D eigenvalue weighted by Crippen LogP contribution is -2.12. The van der Waals surface area contributed by atoms with Gasteiger partial charge in [0.1, 0.15) is 4.88 Å². The van der Waals surface area contributed by atoms with Crippen molar-refractivity contribution >= 4 is 34.1 Å². The number of rotatable bonds is 5. The van der Waals surface area contributed by atoms with Crippen molar-refractivity contribution in [2.45, 2.75) is 6.92 Å². The SMILES string of the molecule is COC(=O)c1sc(NC(=O)c2ccc(C(=O)c3ccccc3)cc2)nc1C. The number of hydrogen-bond donors (Lipinski definition) is 1. The van der Waals surface area contributed by atoms with Crippen molar-refractivity contribution in [1.82, 2.24) is 4.98 Å². The molecular formula is C20H16N2O4S. The standard InChI is InChI=1S/C20H16N2O4S/c1-12-17(19(25)26-2)27-20(21-12)22-18(24)15-10-8-14(9-11-15)16(23)13-6-4-3-5-7-13/h3-11H,1-2H3,(H,21,22,24). The molecule has 0 unspecified atom stereocenters. The van der Waals surface area contributed by atoms with Crippen LogP contribution in [0, 0.1) is 6.92 Å². The molecule has 0 spiro atoms. The number of amides is 1. The molecule has 1 amide bonds. The molecule has 0 fully saturated rings. The zero-order chi connectivity index (χ0) is 19.4. The first kappa shape index (κ1) is 18.5. The number of anilines is 1. The van der Waals surface area contributed by atoms with Gasteiger partial charge in [0, 0.05) is 16.7 Å². The number of aromatic nitrogens is 1. The van der Waals surface area contributed by atoms with Gasteiger partial charge in [0.05, 0.1) is 12.8 Å². The Bertz CT molecular complexity index is 995. The molecule has 27 heavy (non-hydrogen) atoms. The Kier molecular flexibility index (Phi) is 5.42. The Morgan fingerprint density at radius 1 is 0.926 bits per heavy atom. The first-order chi connectivity index (χ1) is 13.0. The summed E-state index contributed by atoms with van der Waals surface area (Å²) in [6.45, 7) is 1.67. The number of methoxy groups -OCH3 is 1. The molecule has 136 valence electrons. The Hall–Kier alpha value is -3.32. The molecule has 6 nitrogen and oxygen atoms in total. The number of aryl methyl sites for hydroxylation is 1. The minimum atomic E-state index is -0.491. The molecule has 1 aromatic heterocycles. The summed E-state index contributed by atoms with van der Waals surface area (Å²) in [5, 5.41) is 2.96. The highest BCUT2D eigenvalue weighted by molar-refractivity contribution is 7.17. The summed E-state index contributed by atoms with van der Waals surface area (Å²) in [5.74, 6) is -0.978. The first-order valence-corrected chi connectivity index (χ1v) is 8.88. The number of nitrogens with one attached hydrogen (secondary N) is 1. The van der Waals surface area contributed by atoms with Crippen LogP contribution in [0.4, 0.5) is 5.13 Å². The maximum Gasteiger partial charge on any atom is 0.350 e. The monoisotopic (exact) mass is 380 g/mol. The Labute approximate surface area is 159 Å². The largest absolute Gasteiger partial charge is 0.465 e. The predicted octanol–water partition coefficient (Wildman–Crippen LogP) is 3.72. The van der Waals surface area contributed by atoms with Crippen LogP contribution in [0.1, 0.15) is 41.6 Å². The van der Waals surface area contributed by atoms with Crippen LogP contribution in [0.3, 0.4) is 0 Å². The third-order valence-electron chi connectivity index (χ3n) is 3.83. The molecule has 0 radical (unpaired) electrons. The van der Waals surface area contributed by atoms with E-state index >= 15 is 0 Å². The van der Waals surface area contributed by atoms with E-state index in [1.165, 1.54) is 7.11 Å². The average Bonchev–Trinajstić information content (AvgIpc) is 3.07. The van der Waals surface area contributed by atoms with Crippen molar-refractivity contribution < 1.29 is 19.1 Å². The fraction of sp³-hybridized carbons (Fsp3) is 0.100. The molecule has 3 rings (SSSR count). The molecule has 0 aliphatic heterocycles. The van der Waals surface area contributed by atoms with E-state index in [1.807, 2.05) is 6.07 Å². The summed E-state index contributed by atoms with van der Waals surface area (Å²) in [7, 11) is 1.29. The fourth-order valence-corrected chi connectivity index (χ4v) is 3.31. The number of esters is 1. The molecule has 0 aliphatic rings. The van der Waals surface area contributed by atoms with Crippen LogP contribution in [0.15, 0.2) is 54.6 Å². The van der Waals surface area contributed by atoms with Crippen LogP contribution in [-0.4, -0.2) is 29.8 Å². The minimum absolute atomic E-state index is 0.110. The number of thiazole rings is 1. The van der Waals surface area contributed by atoms with Crippen molar-refractivity contribution in [1.29, 1.82) is 0 Å². The molecule has 1 heterocycles. The van der Waals surface area contributed by atoms with Crippen LogP contribution in [0.25, 0.3) is 0 Å². The van der Waals surface area contributed by atoms with Crippen LogP contribution >= 0.6 is 11.3 Å². The van der Waals surface area contributed by atoms with E-state index in [2.05, 4.69) is 15.0 Å². The van der Waals surface area contributed by atoms with E-state index in [0.717, 1.165) is 11.3 Å². The molecule has 7 heteroatoms. The normalized spacial score (nSPS) is 10.3. The molecule has 0 atom stereocenters. The molecule has 0 saturated carbocycles. The quantitative estimate of drug-likeness (QED) is 0.539. The zero-order valence-corrected chi connectivity index (χ0v) is 15.5. The third kappa shape index (κ3) is 4.09. The van der Waals surface area contributed by atoms with Gasteiger partial charge in [-0.05, 0) is 19.1 Å². The molecular weight excluding hydrogens is 364 g/mol. The smallest absolute Gasteiger partial charge is 0.350 e. The van der Waals surface area contributed by atoms with E-state index < -0.39 is 5.97 Å². The van der Waals surface area contributed by atoms with Crippen molar-refractivity contribution in [3.8, 4) is 0 Å². The van der Waals surface area contributed by atoms with Crippen LogP contribution < -0.4 is 5.32 Å². The van der Waals surface area contributed by atoms with E-state index in [-0.39, 0.29) is 11.7 Å². The lowest BCUT2D eigenvalue weighted by Gasteiger charge is -2.04. The average molecular weight is 380 g/mol. The maximum atomic E-state index is 12.4. The summed E-state index contributed by atoms with van der Waals surface area (Å²) < 4.78 is 4.68. The summed E-state index contributed by atoms with van der Waals surface area (Å²) >= 11 is 1.05. The Morgan fingerprint density at radius 3 is 2.15 bits per heavy atom. The highest BCUT2D eigenvalue weighted by Crippen LogP contribution is 2.24. The van der Waals surface area contributed by atoms with Crippen LogP contribution in [0.5, 0.6) is 0 Å². The molecule has 2 aromatic carbocycles. The molecule has 1 N–H and O–H groups in total. The van der Waals surface area contributed by atoms with Gasteiger partial charge in [0.15, 0.2) is 10.9 Å².